The highest BCUT2D eigenvalue weighted by atomic mass is 16.6. The van der Waals surface area contributed by atoms with Gasteiger partial charge in [0.15, 0.2) is 0 Å². The molecule has 2 saturated heterocycles. The van der Waals surface area contributed by atoms with E-state index < -0.39 is 12.1 Å². The van der Waals surface area contributed by atoms with E-state index >= 15 is 0 Å². The first-order valence-electron chi connectivity index (χ1n) is 8.06. The van der Waals surface area contributed by atoms with Crippen molar-refractivity contribution in [3.05, 3.63) is 35.9 Å². The average Bonchev–Trinajstić information content (AvgIpc) is 3.02. The Bertz CT molecular complexity index is 613. The van der Waals surface area contributed by atoms with Crippen molar-refractivity contribution < 1.29 is 23.9 Å². The maximum absolute atomic E-state index is 12.6. The Hall–Kier alpha value is -2.41. The Morgan fingerprint density at radius 1 is 1.17 bits per heavy atom. The van der Waals surface area contributed by atoms with Gasteiger partial charge in [0.2, 0.25) is 11.8 Å². The van der Waals surface area contributed by atoms with Crippen LogP contribution in [0.4, 0.5) is 4.79 Å². The molecule has 0 radical (unpaired) electrons. The molecule has 128 valence electrons. The summed E-state index contributed by atoms with van der Waals surface area (Å²) in [6.45, 7) is 1.99. The quantitative estimate of drug-likeness (QED) is 0.830. The van der Waals surface area contributed by atoms with Gasteiger partial charge in [-0.2, -0.15) is 0 Å². The van der Waals surface area contributed by atoms with E-state index in [1.807, 2.05) is 30.3 Å². The predicted octanol–water partition coefficient (Wildman–Crippen LogP) is 1.17. The molecule has 3 rings (SSSR count). The molecule has 2 aliphatic rings. The monoisotopic (exact) mass is 332 g/mol. The van der Waals surface area contributed by atoms with Gasteiger partial charge in [0.25, 0.3) is 0 Å². The van der Waals surface area contributed by atoms with Gasteiger partial charge < -0.3 is 14.4 Å². The summed E-state index contributed by atoms with van der Waals surface area (Å²) in [5.74, 6) is -0.569. The first-order chi connectivity index (χ1) is 11.7. The van der Waals surface area contributed by atoms with Crippen LogP contribution in [0.15, 0.2) is 30.3 Å². The minimum atomic E-state index is -0.765. The van der Waals surface area contributed by atoms with Crippen molar-refractivity contribution in [2.24, 2.45) is 0 Å². The van der Waals surface area contributed by atoms with E-state index in [-0.39, 0.29) is 24.8 Å². The summed E-state index contributed by atoms with van der Waals surface area (Å²) in [5, 5.41) is 0. The minimum absolute atomic E-state index is 0.0713. The molecule has 0 aliphatic carbocycles. The third-order valence-corrected chi connectivity index (χ3v) is 4.22. The lowest BCUT2D eigenvalue weighted by molar-refractivity contribution is -0.143. The number of amides is 3. The number of nitrogens with zero attached hydrogens (tertiary/aromatic N) is 2. The summed E-state index contributed by atoms with van der Waals surface area (Å²) in [6.07, 6.45) is -0.232. The zero-order valence-electron chi connectivity index (χ0n) is 13.3. The number of benzene rings is 1. The van der Waals surface area contributed by atoms with E-state index in [9.17, 15) is 14.4 Å². The molecule has 24 heavy (non-hydrogen) atoms. The highest BCUT2D eigenvalue weighted by molar-refractivity contribution is 6.00. The van der Waals surface area contributed by atoms with E-state index in [1.165, 1.54) is 0 Å². The number of carbonyl (C=O) groups is 3. The molecular formula is C17H20N2O5. The van der Waals surface area contributed by atoms with Gasteiger partial charge in [-0.1, -0.05) is 30.3 Å². The Morgan fingerprint density at radius 2 is 1.88 bits per heavy atom. The largest absolute Gasteiger partial charge is 0.444 e. The summed E-state index contributed by atoms with van der Waals surface area (Å²) in [5.41, 5.74) is 0.827. The Kier molecular flexibility index (Phi) is 5.10. The second-order valence-electron chi connectivity index (χ2n) is 5.80. The van der Waals surface area contributed by atoms with Crippen LogP contribution in [0, 0.1) is 0 Å². The van der Waals surface area contributed by atoms with Crippen molar-refractivity contribution in [2.45, 2.75) is 25.5 Å². The number of morpholine rings is 1. The second kappa shape index (κ2) is 7.44. The summed E-state index contributed by atoms with van der Waals surface area (Å²) in [7, 11) is 0. The maximum atomic E-state index is 12.6. The molecule has 1 aromatic rings. The van der Waals surface area contributed by atoms with E-state index in [0.717, 1.165) is 10.5 Å². The molecule has 2 heterocycles. The third kappa shape index (κ3) is 3.56. The standard InChI is InChI=1S/C17H20N2O5/c20-15-7-6-14(16(21)18-8-10-23-11-9-18)19(15)17(22)24-12-13-4-2-1-3-5-13/h1-5,14H,6-12H2/t14-/m1/s1. The Balaban J connectivity index is 1.63. The lowest BCUT2D eigenvalue weighted by Crippen LogP contribution is -2.52. The number of hydrogen-bond acceptors (Lipinski definition) is 5. The van der Waals surface area contributed by atoms with Gasteiger partial charge >= 0.3 is 6.09 Å². The molecule has 0 unspecified atom stereocenters. The van der Waals surface area contributed by atoms with Crippen LogP contribution >= 0.6 is 0 Å². The molecule has 0 N–H and O–H groups in total. The maximum Gasteiger partial charge on any atom is 0.417 e. The number of hydrogen-bond donors (Lipinski definition) is 0. The number of ether oxygens (including phenoxy) is 2. The molecule has 3 amide bonds. The van der Waals surface area contributed by atoms with Crippen molar-refractivity contribution in [1.82, 2.24) is 9.80 Å². The van der Waals surface area contributed by atoms with Crippen LogP contribution in [-0.2, 0) is 25.7 Å². The van der Waals surface area contributed by atoms with Crippen LogP contribution in [0.5, 0.6) is 0 Å². The minimum Gasteiger partial charge on any atom is -0.444 e. The van der Waals surface area contributed by atoms with Crippen molar-refractivity contribution in [3.8, 4) is 0 Å². The van der Waals surface area contributed by atoms with E-state index in [4.69, 9.17) is 9.47 Å². The van der Waals surface area contributed by atoms with Crippen LogP contribution in [0.25, 0.3) is 0 Å². The Labute approximate surface area is 140 Å². The van der Waals surface area contributed by atoms with E-state index in [2.05, 4.69) is 0 Å². The zero-order valence-corrected chi connectivity index (χ0v) is 13.3. The topological polar surface area (TPSA) is 76.2 Å². The van der Waals surface area contributed by atoms with E-state index in [0.29, 0.717) is 32.7 Å². The summed E-state index contributed by atoms with van der Waals surface area (Å²) >= 11 is 0. The van der Waals surface area contributed by atoms with Crippen LogP contribution in [0.2, 0.25) is 0 Å². The van der Waals surface area contributed by atoms with Crippen LogP contribution in [-0.4, -0.2) is 60.1 Å². The lowest BCUT2D eigenvalue weighted by atomic mass is 10.2. The van der Waals surface area contributed by atoms with Crippen LogP contribution < -0.4 is 0 Å². The summed E-state index contributed by atoms with van der Waals surface area (Å²) < 4.78 is 10.5. The van der Waals surface area contributed by atoms with Gasteiger partial charge in [-0.25, -0.2) is 9.69 Å². The van der Waals surface area contributed by atoms with Crippen LogP contribution in [0.1, 0.15) is 18.4 Å². The lowest BCUT2D eigenvalue weighted by Gasteiger charge is -2.31. The Morgan fingerprint density at radius 3 is 2.58 bits per heavy atom. The number of imide groups is 1. The van der Waals surface area contributed by atoms with Crippen molar-refractivity contribution >= 4 is 17.9 Å². The number of rotatable bonds is 3. The van der Waals surface area contributed by atoms with Crippen LogP contribution in [0.3, 0.4) is 0 Å². The molecule has 0 aromatic heterocycles. The van der Waals surface area contributed by atoms with Crippen molar-refractivity contribution in [2.75, 3.05) is 26.3 Å². The molecule has 2 aliphatic heterocycles. The molecule has 1 atom stereocenters. The van der Waals surface area contributed by atoms with Crippen molar-refractivity contribution in [3.63, 3.8) is 0 Å². The normalized spacial score (nSPS) is 21.0. The highest BCUT2D eigenvalue weighted by Crippen LogP contribution is 2.22. The van der Waals surface area contributed by atoms with Gasteiger partial charge in [0.1, 0.15) is 12.6 Å². The van der Waals surface area contributed by atoms with Gasteiger partial charge in [0.05, 0.1) is 13.2 Å². The molecule has 2 fully saturated rings. The van der Waals surface area contributed by atoms with E-state index in [1.54, 1.807) is 4.90 Å². The van der Waals surface area contributed by atoms with Gasteiger partial charge in [-0.3, -0.25) is 9.59 Å². The highest BCUT2D eigenvalue weighted by Gasteiger charge is 2.43. The fourth-order valence-electron chi connectivity index (χ4n) is 2.93. The first-order valence-corrected chi connectivity index (χ1v) is 8.06. The molecule has 7 nitrogen and oxygen atoms in total. The average molecular weight is 332 g/mol. The first kappa shape index (κ1) is 16.4. The predicted molar refractivity (Wildman–Crippen MR) is 83.9 cm³/mol. The SMILES string of the molecule is O=C([C@H]1CCC(=O)N1C(=O)OCc1ccccc1)N1CCOCC1. The molecule has 7 heteroatoms. The van der Waals surface area contributed by atoms with Crippen molar-refractivity contribution in [1.29, 1.82) is 0 Å². The zero-order chi connectivity index (χ0) is 16.9. The fourth-order valence-corrected chi connectivity index (χ4v) is 2.93. The molecular weight excluding hydrogens is 312 g/mol. The number of likely N-dealkylation sites (tertiary alicyclic amines) is 1. The fraction of sp³-hybridized carbons (Fsp3) is 0.471. The molecule has 0 saturated carbocycles. The smallest absolute Gasteiger partial charge is 0.417 e. The summed E-state index contributed by atoms with van der Waals surface area (Å²) in [6, 6.07) is 8.44. The molecule has 0 bridgehead atoms. The summed E-state index contributed by atoms with van der Waals surface area (Å²) in [4.78, 5) is 39.6. The second-order valence-corrected chi connectivity index (χ2v) is 5.80. The van der Waals surface area contributed by atoms with Gasteiger partial charge in [0, 0.05) is 19.5 Å². The molecule has 1 aromatic carbocycles. The molecule has 0 spiro atoms. The van der Waals surface area contributed by atoms with Gasteiger partial charge in [-0.15, -0.1) is 0 Å². The van der Waals surface area contributed by atoms with Gasteiger partial charge in [-0.05, 0) is 12.0 Å². The number of carbonyl (C=O) groups excluding carboxylic acids is 3. The third-order valence-electron chi connectivity index (χ3n) is 4.22.